The number of halogens is 1. The first-order valence-corrected chi connectivity index (χ1v) is 5.57. The van der Waals surface area contributed by atoms with Gasteiger partial charge in [-0.2, -0.15) is 0 Å². The number of carbonyl (C=O) groups is 1. The SMILES string of the molecule is NC1CCN(C(=O)c2cc(Cl)ncn2)CC1. The van der Waals surface area contributed by atoms with E-state index in [0.717, 1.165) is 12.8 Å². The van der Waals surface area contributed by atoms with Gasteiger partial charge in [0.2, 0.25) is 0 Å². The Morgan fingerprint density at radius 3 is 2.75 bits per heavy atom. The quantitative estimate of drug-likeness (QED) is 0.734. The first kappa shape index (κ1) is 11.3. The molecule has 1 saturated heterocycles. The summed E-state index contributed by atoms with van der Waals surface area (Å²) in [5, 5.41) is 0.284. The first-order chi connectivity index (χ1) is 7.66. The lowest BCUT2D eigenvalue weighted by molar-refractivity contribution is 0.0708. The third kappa shape index (κ3) is 2.48. The van der Waals surface area contributed by atoms with Gasteiger partial charge in [-0.05, 0) is 12.8 Å². The van der Waals surface area contributed by atoms with E-state index < -0.39 is 0 Å². The number of nitrogens with zero attached hydrogens (tertiary/aromatic N) is 3. The van der Waals surface area contributed by atoms with E-state index >= 15 is 0 Å². The molecule has 16 heavy (non-hydrogen) atoms. The Morgan fingerprint density at radius 1 is 1.44 bits per heavy atom. The van der Waals surface area contributed by atoms with E-state index in [0.29, 0.717) is 18.8 Å². The fourth-order valence-electron chi connectivity index (χ4n) is 1.72. The molecule has 1 aromatic heterocycles. The maximum atomic E-state index is 12.0. The average Bonchev–Trinajstić information content (AvgIpc) is 2.29. The van der Waals surface area contributed by atoms with Crippen molar-refractivity contribution in [2.24, 2.45) is 5.73 Å². The van der Waals surface area contributed by atoms with Gasteiger partial charge in [-0.15, -0.1) is 0 Å². The van der Waals surface area contributed by atoms with Crippen LogP contribution in [-0.2, 0) is 0 Å². The summed E-state index contributed by atoms with van der Waals surface area (Å²) in [6, 6.07) is 1.69. The molecule has 0 spiro atoms. The maximum Gasteiger partial charge on any atom is 0.272 e. The van der Waals surface area contributed by atoms with E-state index in [9.17, 15) is 4.79 Å². The minimum atomic E-state index is -0.101. The summed E-state index contributed by atoms with van der Waals surface area (Å²) >= 11 is 5.71. The van der Waals surface area contributed by atoms with E-state index in [4.69, 9.17) is 17.3 Å². The summed E-state index contributed by atoms with van der Waals surface area (Å²) in [6.45, 7) is 1.36. The molecule has 1 fully saturated rings. The number of aromatic nitrogens is 2. The molecule has 5 nitrogen and oxygen atoms in total. The van der Waals surface area contributed by atoms with Crippen molar-refractivity contribution in [3.05, 3.63) is 23.2 Å². The average molecular weight is 241 g/mol. The molecular formula is C10H13ClN4O. The molecule has 0 radical (unpaired) electrons. The molecule has 2 rings (SSSR count). The second-order valence-corrected chi connectivity index (χ2v) is 4.24. The van der Waals surface area contributed by atoms with Gasteiger partial charge in [0.1, 0.15) is 17.2 Å². The molecule has 0 atom stereocenters. The Morgan fingerprint density at radius 2 is 2.12 bits per heavy atom. The highest BCUT2D eigenvalue weighted by Gasteiger charge is 2.22. The highest BCUT2D eigenvalue weighted by molar-refractivity contribution is 6.29. The standard InChI is InChI=1S/C10H13ClN4O/c11-9-5-8(13-6-14-9)10(16)15-3-1-7(12)2-4-15/h5-7H,1-4,12H2. The van der Waals surface area contributed by atoms with Crippen LogP contribution in [0.4, 0.5) is 0 Å². The van der Waals surface area contributed by atoms with Crippen LogP contribution in [0.25, 0.3) is 0 Å². The molecule has 1 aromatic rings. The Labute approximate surface area is 98.6 Å². The lowest BCUT2D eigenvalue weighted by atomic mass is 10.1. The zero-order chi connectivity index (χ0) is 11.5. The van der Waals surface area contributed by atoms with Crippen molar-refractivity contribution in [3.8, 4) is 0 Å². The van der Waals surface area contributed by atoms with Gasteiger partial charge in [0.25, 0.3) is 5.91 Å². The summed E-state index contributed by atoms with van der Waals surface area (Å²) in [7, 11) is 0. The largest absolute Gasteiger partial charge is 0.337 e. The third-order valence-electron chi connectivity index (χ3n) is 2.68. The zero-order valence-electron chi connectivity index (χ0n) is 8.77. The van der Waals surface area contributed by atoms with Gasteiger partial charge in [-0.25, -0.2) is 9.97 Å². The summed E-state index contributed by atoms with van der Waals surface area (Å²) in [5.41, 5.74) is 6.12. The molecule has 1 amide bonds. The number of rotatable bonds is 1. The normalized spacial score (nSPS) is 17.5. The van der Waals surface area contributed by atoms with E-state index in [1.165, 1.54) is 12.4 Å². The molecule has 0 aliphatic carbocycles. The molecule has 86 valence electrons. The van der Waals surface area contributed by atoms with Crippen molar-refractivity contribution in [1.29, 1.82) is 0 Å². The molecule has 2 heterocycles. The molecular weight excluding hydrogens is 228 g/mol. The topological polar surface area (TPSA) is 72.1 Å². The Hall–Kier alpha value is -1.20. The number of carbonyl (C=O) groups excluding carboxylic acids is 1. The van der Waals surface area contributed by atoms with E-state index in [1.807, 2.05) is 0 Å². The van der Waals surface area contributed by atoms with Crippen LogP contribution in [0.15, 0.2) is 12.4 Å². The molecule has 2 N–H and O–H groups in total. The molecule has 6 heteroatoms. The number of amides is 1. The smallest absolute Gasteiger partial charge is 0.272 e. The van der Waals surface area contributed by atoms with Crippen molar-refractivity contribution in [3.63, 3.8) is 0 Å². The van der Waals surface area contributed by atoms with Crippen LogP contribution in [0.1, 0.15) is 23.3 Å². The van der Waals surface area contributed by atoms with Gasteiger partial charge in [0.05, 0.1) is 0 Å². The molecule has 0 unspecified atom stereocenters. The van der Waals surface area contributed by atoms with Gasteiger partial charge in [0.15, 0.2) is 0 Å². The summed E-state index contributed by atoms with van der Waals surface area (Å²) in [6.07, 6.45) is 2.97. The van der Waals surface area contributed by atoms with Crippen molar-refractivity contribution >= 4 is 17.5 Å². The van der Waals surface area contributed by atoms with Crippen molar-refractivity contribution in [1.82, 2.24) is 14.9 Å². The van der Waals surface area contributed by atoms with Crippen LogP contribution in [0.2, 0.25) is 5.15 Å². The van der Waals surface area contributed by atoms with Crippen LogP contribution in [0.5, 0.6) is 0 Å². The molecule has 0 bridgehead atoms. The van der Waals surface area contributed by atoms with Crippen LogP contribution in [-0.4, -0.2) is 39.9 Å². The highest BCUT2D eigenvalue weighted by Crippen LogP contribution is 2.12. The highest BCUT2D eigenvalue weighted by atomic mass is 35.5. The van der Waals surface area contributed by atoms with Crippen molar-refractivity contribution in [2.45, 2.75) is 18.9 Å². The van der Waals surface area contributed by atoms with E-state index in [1.54, 1.807) is 4.90 Å². The van der Waals surface area contributed by atoms with Crippen molar-refractivity contribution < 1.29 is 4.79 Å². The third-order valence-corrected chi connectivity index (χ3v) is 2.89. The first-order valence-electron chi connectivity index (χ1n) is 5.19. The number of likely N-dealkylation sites (tertiary alicyclic amines) is 1. The Kier molecular flexibility index (Phi) is 3.36. The van der Waals surface area contributed by atoms with Crippen LogP contribution < -0.4 is 5.73 Å². The van der Waals surface area contributed by atoms with Gasteiger partial charge >= 0.3 is 0 Å². The second kappa shape index (κ2) is 4.76. The maximum absolute atomic E-state index is 12.0. The van der Waals surface area contributed by atoms with Gasteiger partial charge < -0.3 is 10.6 Å². The lowest BCUT2D eigenvalue weighted by Gasteiger charge is -2.29. The van der Waals surface area contributed by atoms with Crippen LogP contribution in [0, 0.1) is 0 Å². The lowest BCUT2D eigenvalue weighted by Crippen LogP contribution is -2.43. The number of hydrogen-bond acceptors (Lipinski definition) is 4. The van der Waals surface area contributed by atoms with Gasteiger partial charge in [-0.1, -0.05) is 11.6 Å². The number of piperidine rings is 1. The zero-order valence-corrected chi connectivity index (χ0v) is 9.52. The minimum absolute atomic E-state index is 0.101. The Balaban J connectivity index is 2.08. The fraction of sp³-hybridized carbons (Fsp3) is 0.500. The Bertz CT molecular complexity index is 390. The van der Waals surface area contributed by atoms with Crippen molar-refractivity contribution in [2.75, 3.05) is 13.1 Å². The van der Waals surface area contributed by atoms with Crippen LogP contribution >= 0.6 is 11.6 Å². The fourth-order valence-corrected chi connectivity index (χ4v) is 1.86. The minimum Gasteiger partial charge on any atom is -0.337 e. The monoisotopic (exact) mass is 240 g/mol. The van der Waals surface area contributed by atoms with E-state index in [-0.39, 0.29) is 17.1 Å². The summed E-state index contributed by atoms with van der Waals surface area (Å²) < 4.78 is 0. The molecule has 1 aliphatic rings. The van der Waals surface area contributed by atoms with Crippen LogP contribution in [0.3, 0.4) is 0 Å². The molecule has 1 aliphatic heterocycles. The van der Waals surface area contributed by atoms with E-state index in [2.05, 4.69) is 9.97 Å². The van der Waals surface area contributed by atoms with Gasteiger partial charge in [0, 0.05) is 25.2 Å². The predicted octanol–water partition coefficient (Wildman–Crippen LogP) is 0.693. The number of hydrogen-bond donors (Lipinski definition) is 1. The number of nitrogens with two attached hydrogens (primary N) is 1. The second-order valence-electron chi connectivity index (χ2n) is 3.86. The summed E-state index contributed by atoms with van der Waals surface area (Å²) in [4.78, 5) is 21.4. The molecule has 0 aromatic carbocycles. The molecule has 0 saturated carbocycles. The summed E-state index contributed by atoms with van der Waals surface area (Å²) in [5.74, 6) is -0.101. The van der Waals surface area contributed by atoms with Gasteiger partial charge in [-0.3, -0.25) is 4.79 Å². The predicted molar refractivity (Wildman–Crippen MR) is 60.2 cm³/mol.